The maximum atomic E-state index is 11.3. The van der Waals surface area contributed by atoms with Crippen LogP contribution in [0.4, 0.5) is 0 Å². The van der Waals surface area contributed by atoms with E-state index in [9.17, 15) is 5.26 Å². The average Bonchev–Trinajstić information content (AvgIpc) is 3.86. The molecule has 334 valence electrons. The van der Waals surface area contributed by atoms with Gasteiger partial charge in [0, 0.05) is 27.1 Å². The number of nitrogens with zero attached hydrogens (tertiary/aromatic N) is 6. The summed E-state index contributed by atoms with van der Waals surface area (Å²) in [6, 6.07) is 68.9. The highest BCUT2D eigenvalue weighted by molar-refractivity contribution is 6.14. The number of rotatable bonds is 7. The maximum absolute atomic E-state index is 11.3. The Morgan fingerprint density at radius 1 is 0.343 bits per heavy atom. The fraction of sp³-hybridized carbons (Fsp3) is 0.0938. The van der Waals surface area contributed by atoms with Gasteiger partial charge in [0.2, 0.25) is 0 Å². The van der Waals surface area contributed by atoms with Crippen LogP contribution < -0.4 is 0 Å². The first-order valence-electron chi connectivity index (χ1n) is 23.8. The smallest absolute Gasteiger partial charge is 0.164 e. The standard InChI is InChI=1S/C64H48N6/c1-38-11-7-15-44(27-38)48-19-23-53-54-24-20-49(45-16-8-12-39(2)28-45)32-59(54)69(58(53)31-48)62-35-52(37-65)57(64-67-42(5)66-43(6)68-64)36-63(62)70-60-33-50(46-17-9-13-40(3)29-46)21-25-55(60)56-26-22-51(34-61(56)70)47-18-10-14-41(4)30-47/h7-36H,1-6H3. The summed E-state index contributed by atoms with van der Waals surface area (Å²) >= 11 is 0. The van der Waals surface area contributed by atoms with E-state index in [0.29, 0.717) is 28.6 Å². The molecule has 12 rings (SSSR count). The van der Waals surface area contributed by atoms with E-state index in [1.807, 2.05) is 13.8 Å². The molecule has 3 heterocycles. The van der Waals surface area contributed by atoms with Crippen LogP contribution in [0.25, 0.3) is 111 Å². The van der Waals surface area contributed by atoms with E-state index in [2.05, 4.69) is 230 Å². The average molecular weight is 901 g/mol. The van der Waals surface area contributed by atoms with Crippen molar-refractivity contribution in [2.45, 2.75) is 41.5 Å². The summed E-state index contributed by atoms with van der Waals surface area (Å²) in [6.07, 6.45) is 0. The van der Waals surface area contributed by atoms with Crippen molar-refractivity contribution in [1.29, 1.82) is 5.26 Å². The van der Waals surface area contributed by atoms with Crippen molar-refractivity contribution in [3.63, 3.8) is 0 Å². The first kappa shape index (κ1) is 42.4. The fourth-order valence-electron chi connectivity index (χ4n) is 10.5. The summed E-state index contributed by atoms with van der Waals surface area (Å²) in [6.45, 7) is 12.3. The molecule has 12 aromatic rings. The number of aryl methyl sites for hydroxylation is 6. The van der Waals surface area contributed by atoms with Gasteiger partial charge < -0.3 is 9.13 Å². The molecule has 0 saturated carbocycles. The van der Waals surface area contributed by atoms with E-state index >= 15 is 0 Å². The molecule has 6 nitrogen and oxygen atoms in total. The van der Waals surface area contributed by atoms with Gasteiger partial charge in [-0.25, -0.2) is 15.0 Å². The highest BCUT2D eigenvalue weighted by atomic mass is 15.1. The van der Waals surface area contributed by atoms with Crippen molar-refractivity contribution >= 4 is 43.6 Å². The lowest BCUT2D eigenvalue weighted by Gasteiger charge is -2.20. The molecule has 0 aliphatic rings. The summed E-state index contributed by atoms with van der Waals surface area (Å²) < 4.78 is 4.80. The largest absolute Gasteiger partial charge is 0.307 e. The summed E-state index contributed by atoms with van der Waals surface area (Å²) in [7, 11) is 0. The second kappa shape index (κ2) is 16.7. The predicted molar refractivity (Wildman–Crippen MR) is 289 cm³/mol. The molecule has 0 aliphatic carbocycles. The molecule has 0 saturated heterocycles. The second-order valence-corrected chi connectivity index (χ2v) is 18.8. The lowest BCUT2D eigenvalue weighted by Crippen LogP contribution is -2.07. The zero-order valence-electron chi connectivity index (χ0n) is 40.0. The monoisotopic (exact) mass is 900 g/mol. The molecule has 3 aromatic heterocycles. The van der Waals surface area contributed by atoms with Crippen LogP contribution in [-0.2, 0) is 0 Å². The molecule has 9 aromatic carbocycles. The molecule has 0 fully saturated rings. The van der Waals surface area contributed by atoms with Gasteiger partial charge in [-0.1, -0.05) is 168 Å². The molecule has 0 unspecified atom stereocenters. The van der Waals surface area contributed by atoms with Crippen molar-refractivity contribution < 1.29 is 0 Å². The van der Waals surface area contributed by atoms with Crippen molar-refractivity contribution in [2.24, 2.45) is 0 Å². The first-order valence-corrected chi connectivity index (χ1v) is 23.8. The summed E-state index contributed by atoms with van der Waals surface area (Å²) in [4.78, 5) is 14.3. The Balaban J connectivity index is 1.26. The summed E-state index contributed by atoms with van der Waals surface area (Å²) in [5, 5.41) is 15.8. The number of nitriles is 1. The minimum atomic E-state index is 0.460. The van der Waals surface area contributed by atoms with E-state index in [1.54, 1.807) is 0 Å². The molecule has 6 heteroatoms. The molecule has 0 amide bonds. The SMILES string of the molecule is Cc1cccc(-c2ccc3c4ccc(-c5cccc(C)c5)cc4n(-c4cc(C#N)c(-c5nc(C)nc(C)n5)cc4-n4c5cc(-c6cccc(C)c6)ccc5c5ccc(-c6cccc(C)c6)cc54)c3c2)c1. The predicted octanol–water partition coefficient (Wildman–Crippen LogP) is 16.1. The Morgan fingerprint density at radius 2 is 0.657 bits per heavy atom. The lowest BCUT2D eigenvalue weighted by molar-refractivity contribution is 0.927. The number of hydrogen-bond donors (Lipinski definition) is 0. The zero-order valence-corrected chi connectivity index (χ0v) is 40.0. The number of aromatic nitrogens is 5. The van der Waals surface area contributed by atoms with Gasteiger partial charge in [-0.05, 0) is 122 Å². The van der Waals surface area contributed by atoms with Crippen LogP contribution in [-0.4, -0.2) is 24.1 Å². The Labute approximate surface area is 407 Å². The van der Waals surface area contributed by atoms with Crippen LogP contribution in [0.2, 0.25) is 0 Å². The quantitative estimate of drug-likeness (QED) is 0.160. The topological polar surface area (TPSA) is 72.3 Å². The fourth-order valence-corrected chi connectivity index (χ4v) is 10.5. The Kier molecular flexibility index (Phi) is 10.1. The van der Waals surface area contributed by atoms with Crippen molar-refractivity contribution in [3.05, 3.63) is 221 Å². The van der Waals surface area contributed by atoms with Crippen molar-refractivity contribution in [3.8, 4) is 73.3 Å². The van der Waals surface area contributed by atoms with E-state index in [4.69, 9.17) is 9.97 Å². The Morgan fingerprint density at radius 3 is 0.971 bits per heavy atom. The van der Waals surface area contributed by atoms with Crippen LogP contribution >= 0.6 is 0 Å². The Bertz CT molecular complexity index is 3930. The van der Waals surface area contributed by atoms with E-state index in [1.165, 1.54) is 22.3 Å². The lowest BCUT2D eigenvalue weighted by atomic mass is 10.0. The van der Waals surface area contributed by atoms with Crippen LogP contribution in [0.15, 0.2) is 182 Å². The first-order chi connectivity index (χ1) is 34.1. The third kappa shape index (κ3) is 7.31. The molecular weight excluding hydrogens is 853 g/mol. The number of benzene rings is 9. The third-order valence-electron chi connectivity index (χ3n) is 13.8. The molecule has 0 aliphatic heterocycles. The molecule has 0 N–H and O–H groups in total. The second-order valence-electron chi connectivity index (χ2n) is 18.8. The van der Waals surface area contributed by atoms with E-state index in [0.717, 1.165) is 99.5 Å². The van der Waals surface area contributed by atoms with Gasteiger partial charge in [-0.15, -0.1) is 0 Å². The molecular formula is C64H48N6. The molecule has 70 heavy (non-hydrogen) atoms. The van der Waals surface area contributed by atoms with Crippen molar-refractivity contribution in [1.82, 2.24) is 24.1 Å². The molecule has 0 atom stereocenters. The molecule has 0 radical (unpaired) electrons. The van der Waals surface area contributed by atoms with Crippen LogP contribution in [0.1, 0.15) is 39.5 Å². The summed E-state index contributed by atoms with van der Waals surface area (Å²) in [5.74, 6) is 1.64. The molecule has 0 bridgehead atoms. The van der Waals surface area contributed by atoms with E-state index < -0.39 is 0 Å². The van der Waals surface area contributed by atoms with Gasteiger partial charge in [0.15, 0.2) is 5.82 Å². The minimum Gasteiger partial charge on any atom is -0.307 e. The van der Waals surface area contributed by atoms with Gasteiger partial charge in [0.1, 0.15) is 11.6 Å². The van der Waals surface area contributed by atoms with Crippen LogP contribution in [0.3, 0.4) is 0 Å². The van der Waals surface area contributed by atoms with E-state index in [-0.39, 0.29) is 0 Å². The van der Waals surface area contributed by atoms with Crippen molar-refractivity contribution in [2.75, 3.05) is 0 Å². The van der Waals surface area contributed by atoms with Crippen LogP contribution in [0, 0.1) is 52.9 Å². The number of fused-ring (bicyclic) bond motifs is 6. The number of hydrogen-bond acceptors (Lipinski definition) is 4. The highest BCUT2D eigenvalue weighted by Gasteiger charge is 2.25. The summed E-state index contributed by atoms with van der Waals surface area (Å²) in [5.41, 5.74) is 20.8. The molecule has 0 spiro atoms. The Hall–Kier alpha value is -8.92. The van der Waals surface area contributed by atoms with Crippen LogP contribution in [0.5, 0.6) is 0 Å². The van der Waals surface area contributed by atoms with Gasteiger partial charge in [0.05, 0.1) is 45.1 Å². The third-order valence-corrected chi connectivity index (χ3v) is 13.8. The normalized spacial score (nSPS) is 11.6. The van der Waals surface area contributed by atoms with Gasteiger partial charge >= 0.3 is 0 Å². The maximum Gasteiger partial charge on any atom is 0.164 e. The highest BCUT2D eigenvalue weighted by Crippen LogP contribution is 2.44. The minimum absolute atomic E-state index is 0.460. The zero-order chi connectivity index (χ0) is 47.8. The van der Waals surface area contributed by atoms with Gasteiger partial charge in [0.25, 0.3) is 0 Å². The van der Waals surface area contributed by atoms with Gasteiger partial charge in [-0.2, -0.15) is 5.26 Å². The van der Waals surface area contributed by atoms with Gasteiger partial charge in [-0.3, -0.25) is 0 Å².